The maximum absolute atomic E-state index is 12.0. The summed E-state index contributed by atoms with van der Waals surface area (Å²) in [6, 6.07) is 19.6. The van der Waals surface area contributed by atoms with Crippen LogP contribution in [0.3, 0.4) is 0 Å². The summed E-state index contributed by atoms with van der Waals surface area (Å²) in [5, 5.41) is 2.86. The minimum absolute atomic E-state index is 0.0649. The molecule has 0 saturated heterocycles. The molecular formula is C18H17N3O+. The van der Waals surface area contributed by atoms with Crippen molar-refractivity contribution < 1.29 is 9.36 Å². The summed E-state index contributed by atoms with van der Waals surface area (Å²) in [7, 11) is 0. The second kappa shape index (κ2) is 6.72. The molecule has 0 aliphatic carbocycles. The molecule has 1 N–H and O–H groups in total. The van der Waals surface area contributed by atoms with Crippen molar-refractivity contribution in [2.24, 2.45) is 0 Å². The molecule has 3 rings (SSSR count). The number of carbonyl (C=O) groups excluding carboxylic acids is 1. The molecule has 0 aliphatic heterocycles. The second-order valence-electron chi connectivity index (χ2n) is 5.05. The van der Waals surface area contributed by atoms with Crippen molar-refractivity contribution in [3.05, 3.63) is 84.9 Å². The largest absolute Gasteiger partial charge is 0.374 e. The highest BCUT2D eigenvalue weighted by Crippen LogP contribution is 2.05. The normalized spacial score (nSPS) is 10.4. The van der Waals surface area contributed by atoms with Gasteiger partial charge in [0, 0.05) is 5.69 Å². The van der Waals surface area contributed by atoms with Crippen molar-refractivity contribution in [1.82, 2.24) is 4.57 Å². The van der Waals surface area contributed by atoms with Gasteiger partial charge in [0.05, 0.1) is 0 Å². The predicted molar refractivity (Wildman–Crippen MR) is 84.1 cm³/mol. The van der Waals surface area contributed by atoms with Crippen LogP contribution in [0.4, 0.5) is 5.69 Å². The molecule has 1 radical (unpaired) electrons. The first kappa shape index (κ1) is 14.1. The third kappa shape index (κ3) is 3.82. The third-order valence-corrected chi connectivity index (χ3v) is 3.25. The van der Waals surface area contributed by atoms with E-state index in [-0.39, 0.29) is 12.5 Å². The molecule has 0 aliphatic rings. The van der Waals surface area contributed by atoms with E-state index in [0.717, 1.165) is 12.2 Å². The molecule has 0 fully saturated rings. The molecule has 0 unspecified atom stereocenters. The molecule has 1 heterocycles. The van der Waals surface area contributed by atoms with E-state index in [2.05, 4.69) is 23.8 Å². The number of imidazole rings is 1. The minimum Gasteiger partial charge on any atom is -0.323 e. The number of hydrogen-bond donors (Lipinski definition) is 1. The third-order valence-electron chi connectivity index (χ3n) is 3.25. The van der Waals surface area contributed by atoms with Gasteiger partial charge in [0.1, 0.15) is 18.9 Å². The van der Waals surface area contributed by atoms with Crippen LogP contribution in [0.1, 0.15) is 5.56 Å². The van der Waals surface area contributed by atoms with Crippen LogP contribution in [-0.2, 0) is 17.9 Å². The Hall–Kier alpha value is -2.88. The van der Waals surface area contributed by atoms with Crippen LogP contribution in [0.2, 0.25) is 0 Å². The van der Waals surface area contributed by atoms with E-state index in [1.807, 2.05) is 65.5 Å². The lowest BCUT2D eigenvalue weighted by Gasteiger charge is -2.02. The first-order valence-electron chi connectivity index (χ1n) is 7.16. The van der Waals surface area contributed by atoms with Crippen LogP contribution in [0.15, 0.2) is 73.1 Å². The summed E-state index contributed by atoms with van der Waals surface area (Å²) in [4.78, 5) is 12.0. The Morgan fingerprint density at radius 1 is 1.05 bits per heavy atom. The number of anilines is 1. The Morgan fingerprint density at radius 2 is 1.73 bits per heavy atom. The summed E-state index contributed by atoms with van der Waals surface area (Å²) < 4.78 is 3.69. The average Bonchev–Trinajstić information content (AvgIpc) is 2.96. The number of benzene rings is 2. The van der Waals surface area contributed by atoms with E-state index in [0.29, 0.717) is 0 Å². The molecule has 3 aromatic rings. The highest BCUT2D eigenvalue weighted by atomic mass is 16.1. The van der Waals surface area contributed by atoms with Crippen LogP contribution in [0, 0.1) is 6.33 Å². The molecule has 0 spiro atoms. The van der Waals surface area contributed by atoms with E-state index >= 15 is 0 Å². The lowest BCUT2D eigenvalue weighted by molar-refractivity contribution is -0.692. The van der Waals surface area contributed by atoms with Gasteiger partial charge >= 0.3 is 6.33 Å². The molecule has 1 amide bonds. The highest BCUT2D eigenvalue weighted by Gasteiger charge is 2.11. The van der Waals surface area contributed by atoms with Crippen molar-refractivity contribution >= 4 is 11.6 Å². The maximum Gasteiger partial charge on any atom is 0.374 e. The quantitative estimate of drug-likeness (QED) is 0.719. The van der Waals surface area contributed by atoms with Gasteiger partial charge in [0.2, 0.25) is 0 Å². The zero-order valence-electron chi connectivity index (χ0n) is 12.1. The van der Waals surface area contributed by atoms with E-state index in [4.69, 9.17) is 0 Å². The summed E-state index contributed by atoms with van der Waals surface area (Å²) in [5.74, 6) is -0.0649. The van der Waals surface area contributed by atoms with Crippen LogP contribution < -0.4 is 9.88 Å². The Kier molecular flexibility index (Phi) is 4.30. The zero-order chi connectivity index (χ0) is 15.2. The molecule has 22 heavy (non-hydrogen) atoms. The van der Waals surface area contributed by atoms with Crippen molar-refractivity contribution in [3.63, 3.8) is 0 Å². The molecule has 109 valence electrons. The predicted octanol–water partition coefficient (Wildman–Crippen LogP) is 2.26. The summed E-state index contributed by atoms with van der Waals surface area (Å²) >= 11 is 0. The van der Waals surface area contributed by atoms with Gasteiger partial charge in [-0.2, -0.15) is 0 Å². The van der Waals surface area contributed by atoms with E-state index in [1.165, 1.54) is 5.56 Å². The highest BCUT2D eigenvalue weighted by molar-refractivity contribution is 5.90. The first-order chi connectivity index (χ1) is 10.8. The van der Waals surface area contributed by atoms with E-state index in [9.17, 15) is 4.79 Å². The average molecular weight is 291 g/mol. The van der Waals surface area contributed by atoms with Gasteiger partial charge in [-0.15, -0.1) is 0 Å². The van der Waals surface area contributed by atoms with Crippen molar-refractivity contribution in [1.29, 1.82) is 0 Å². The number of hydrogen-bond acceptors (Lipinski definition) is 1. The molecule has 4 heteroatoms. The van der Waals surface area contributed by atoms with Crippen LogP contribution in [0.5, 0.6) is 0 Å². The SMILES string of the molecule is O=C(Cn1[c][n+](Cc2ccccc2)cc1)Nc1ccccc1. The van der Waals surface area contributed by atoms with Crippen LogP contribution in [-0.4, -0.2) is 10.5 Å². The van der Waals surface area contributed by atoms with Gasteiger partial charge in [-0.3, -0.25) is 4.79 Å². The van der Waals surface area contributed by atoms with Gasteiger partial charge in [0.15, 0.2) is 6.54 Å². The standard InChI is InChI=1S/C18H17N3O/c22-18(19-17-9-5-2-6-10-17)14-21-12-11-20(15-21)13-16-7-3-1-4-8-16/h1-12H,13-14H2,(H,19,22)/q+1. The van der Waals surface area contributed by atoms with Gasteiger partial charge in [0.25, 0.3) is 5.91 Å². The van der Waals surface area contributed by atoms with Gasteiger partial charge in [-0.25, -0.2) is 9.13 Å². The fraction of sp³-hybridized carbons (Fsp3) is 0.111. The number of nitrogens with one attached hydrogen (secondary N) is 1. The molecule has 4 nitrogen and oxygen atoms in total. The topological polar surface area (TPSA) is 37.9 Å². The van der Waals surface area contributed by atoms with Crippen LogP contribution in [0.25, 0.3) is 0 Å². The fourth-order valence-electron chi connectivity index (χ4n) is 2.23. The Bertz CT molecular complexity index is 735. The van der Waals surface area contributed by atoms with Crippen LogP contribution >= 0.6 is 0 Å². The lowest BCUT2D eigenvalue weighted by atomic mass is 10.2. The lowest BCUT2D eigenvalue weighted by Crippen LogP contribution is -2.32. The van der Waals surface area contributed by atoms with Crippen molar-refractivity contribution in [2.45, 2.75) is 13.1 Å². The maximum atomic E-state index is 12.0. The minimum atomic E-state index is -0.0649. The van der Waals surface area contributed by atoms with Crippen molar-refractivity contribution in [2.75, 3.05) is 5.32 Å². The number of nitrogens with zero attached hydrogens (tertiary/aromatic N) is 2. The summed E-state index contributed by atoms with van der Waals surface area (Å²) in [5.41, 5.74) is 2.01. The monoisotopic (exact) mass is 291 g/mol. The fourth-order valence-corrected chi connectivity index (χ4v) is 2.23. The molecular weight excluding hydrogens is 274 g/mol. The van der Waals surface area contributed by atoms with Gasteiger partial charge < -0.3 is 5.32 Å². The molecule has 2 aromatic carbocycles. The Labute approximate surface area is 129 Å². The van der Waals surface area contributed by atoms with Gasteiger partial charge in [-0.05, 0) is 17.7 Å². The van der Waals surface area contributed by atoms with Gasteiger partial charge in [-0.1, -0.05) is 48.5 Å². The number of rotatable bonds is 5. The number of carbonyl (C=O) groups is 1. The Balaban J connectivity index is 1.58. The molecule has 1 aromatic heterocycles. The van der Waals surface area contributed by atoms with E-state index in [1.54, 1.807) is 4.57 Å². The first-order valence-corrected chi connectivity index (χ1v) is 7.16. The smallest absolute Gasteiger partial charge is 0.323 e. The molecule has 0 bridgehead atoms. The summed E-state index contributed by atoms with van der Waals surface area (Å²) in [6.45, 7) is 0.991. The molecule has 0 atom stereocenters. The number of aromatic nitrogens is 2. The van der Waals surface area contributed by atoms with E-state index < -0.39 is 0 Å². The number of para-hydroxylation sites is 1. The Morgan fingerprint density at radius 3 is 2.45 bits per heavy atom. The number of amides is 1. The second-order valence-corrected chi connectivity index (χ2v) is 5.05. The zero-order valence-corrected chi connectivity index (χ0v) is 12.1. The summed E-state index contributed by atoms with van der Waals surface area (Å²) in [6.07, 6.45) is 6.92. The van der Waals surface area contributed by atoms with Crippen molar-refractivity contribution in [3.8, 4) is 0 Å². The molecule has 0 saturated carbocycles.